The number of aliphatic carboxylic acids is 2. The Morgan fingerprint density at radius 2 is 1.74 bits per heavy atom. The first-order valence-electron chi connectivity index (χ1n) is 9.24. The Hall–Kier alpha value is -1.93. The summed E-state index contributed by atoms with van der Waals surface area (Å²) in [5.41, 5.74) is 0. The first kappa shape index (κ1) is 25.1. The van der Waals surface area contributed by atoms with E-state index in [1.165, 1.54) is 0 Å². The van der Waals surface area contributed by atoms with Crippen molar-refractivity contribution in [3.05, 3.63) is 12.2 Å². The zero-order chi connectivity index (χ0) is 20.9. The van der Waals surface area contributed by atoms with Gasteiger partial charge >= 0.3 is 11.9 Å². The molecule has 0 spiro atoms. The number of quaternary nitrogens is 1. The molecular weight excluding hydrogens is 354 g/mol. The van der Waals surface area contributed by atoms with Crippen molar-refractivity contribution < 1.29 is 38.9 Å². The first-order valence-corrected chi connectivity index (χ1v) is 9.24. The summed E-state index contributed by atoms with van der Waals surface area (Å²) >= 11 is 0. The summed E-state index contributed by atoms with van der Waals surface area (Å²) in [6.45, 7) is 0.339. The molecule has 0 bridgehead atoms. The molecule has 0 aromatic carbocycles. The predicted octanol–water partition coefficient (Wildman–Crippen LogP) is 0.477. The Bertz CT molecular complexity index is 497. The summed E-state index contributed by atoms with van der Waals surface area (Å²) < 4.78 is 5.65. The van der Waals surface area contributed by atoms with Crippen molar-refractivity contribution in [1.29, 1.82) is 0 Å². The molecule has 2 N–H and O–H groups in total. The second-order valence-corrected chi connectivity index (χ2v) is 7.73. The number of hydrogen-bond donors (Lipinski definition) is 2. The fourth-order valence-corrected chi connectivity index (χ4v) is 2.59. The van der Waals surface area contributed by atoms with Crippen LogP contribution in [-0.2, 0) is 19.1 Å². The number of likely N-dealkylation sites (N-methyl/N-ethyl adjacent to an activating group) is 1. The molecule has 0 fully saturated rings. The van der Waals surface area contributed by atoms with Gasteiger partial charge in [-0.15, -0.1) is 0 Å². The molecule has 2 atom stereocenters. The molecular formula is C19H33NO7. The highest BCUT2D eigenvalue weighted by molar-refractivity contribution is 5.71. The summed E-state index contributed by atoms with van der Waals surface area (Å²) in [4.78, 5) is 33.1. The predicted molar refractivity (Wildman–Crippen MR) is 97.5 cm³/mol. The van der Waals surface area contributed by atoms with Gasteiger partial charge in [-0.25, -0.2) is 0 Å². The summed E-state index contributed by atoms with van der Waals surface area (Å²) in [5, 5.41) is 29.2. The van der Waals surface area contributed by atoms with Crippen LogP contribution in [0.1, 0.15) is 51.4 Å². The van der Waals surface area contributed by atoms with Crippen LogP contribution < -0.4 is 5.11 Å². The largest absolute Gasteiger partial charge is 0.550 e. The topological polar surface area (TPSA) is 124 Å². The number of carboxylic acids is 2. The van der Waals surface area contributed by atoms with Crippen LogP contribution in [0.3, 0.4) is 0 Å². The molecule has 0 saturated heterocycles. The summed E-state index contributed by atoms with van der Waals surface area (Å²) in [5.74, 6) is -2.75. The quantitative estimate of drug-likeness (QED) is 0.181. The van der Waals surface area contributed by atoms with Gasteiger partial charge in [0.1, 0.15) is 6.54 Å². The van der Waals surface area contributed by atoms with Crippen molar-refractivity contribution in [3.63, 3.8) is 0 Å². The van der Waals surface area contributed by atoms with E-state index in [2.05, 4.69) is 0 Å². The smallest absolute Gasteiger partial charge is 0.308 e. The zero-order valence-electron chi connectivity index (χ0n) is 16.6. The average molecular weight is 387 g/mol. The van der Waals surface area contributed by atoms with Gasteiger partial charge in [0.25, 0.3) is 0 Å². The minimum absolute atomic E-state index is 0.0217. The van der Waals surface area contributed by atoms with Gasteiger partial charge in [-0.2, -0.15) is 0 Å². The number of allylic oxidation sites excluding steroid dienone is 1. The third-order valence-electron chi connectivity index (χ3n) is 3.71. The van der Waals surface area contributed by atoms with Gasteiger partial charge in [0.05, 0.1) is 40.1 Å². The number of carbonyl (C=O) groups excluding carboxylic acids is 2. The number of nitrogens with zero attached hydrogens (tertiary/aromatic N) is 1. The van der Waals surface area contributed by atoms with E-state index in [0.717, 1.165) is 25.7 Å². The highest BCUT2D eigenvalue weighted by Crippen LogP contribution is 2.11. The summed E-state index contributed by atoms with van der Waals surface area (Å²) in [7, 11) is 5.59. The second kappa shape index (κ2) is 13.3. The lowest BCUT2D eigenvalue weighted by atomic mass is 10.1. The number of esters is 1. The van der Waals surface area contributed by atoms with Crippen molar-refractivity contribution in [2.45, 2.75) is 63.6 Å². The monoisotopic (exact) mass is 387 g/mol. The maximum Gasteiger partial charge on any atom is 0.308 e. The number of unbranched alkanes of at least 4 members (excludes halogenated alkanes) is 3. The van der Waals surface area contributed by atoms with Crippen molar-refractivity contribution in [2.24, 2.45) is 0 Å². The van der Waals surface area contributed by atoms with Gasteiger partial charge < -0.3 is 29.3 Å². The van der Waals surface area contributed by atoms with Gasteiger partial charge in [0.15, 0.2) is 6.10 Å². The summed E-state index contributed by atoms with van der Waals surface area (Å²) in [6.07, 6.45) is 5.03. The lowest BCUT2D eigenvalue weighted by molar-refractivity contribution is -0.873. The Morgan fingerprint density at radius 1 is 1.07 bits per heavy atom. The lowest BCUT2D eigenvalue weighted by Gasteiger charge is -2.29. The van der Waals surface area contributed by atoms with E-state index in [1.807, 2.05) is 27.2 Å². The molecule has 0 aliphatic rings. The standard InChI is InChI=1S/C19H33NO7/c1-20(2,3)14-16(13-18(24)25)27-19(26)12-15(21)10-8-6-4-5-7-9-11-17(22)23/h7,9,15-16,21H,4-6,8,10-14H2,1-3H3,(H-,22,23,24,25)/b9-7+. The number of ether oxygens (including phenoxy) is 1. The van der Waals surface area contributed by atoms with Crippen LogP contribution >= 0.6 is 0 Å². The average Bonchev–Trinajstić information content (AvgIpc) is 2.46. The normalized spacial score (nSPS) is 14.1. The molecule has 0 aliphatic carbocycles. The van der Waals surface area contributed by atoms with E-state index in [-0.39, 0.29) is 19.3 Å². The van der Waals surface area contributed by atoms with Gasteiger partial charge in [0.2, 0.25) is 0 Å². The highest BCUT2D eigenvalue weighted by Gasteiger charge is 2.23. The Labute approximate surface area is 161 Å². The fourth-order valence-electron chi connectivity index (χ4n) is 2.59. The van der Waals surface area contributed by atoms with Crippen molar-refractivity contribution in [2.75, 3.05) is 27.7 Å². The zero-order valence-corrected chi connectivity index (χ0v) is 16.6. The maximum absolute atomic E-state index is 11.9. The van der Waals surface area contributed by atoms with Crippen LogP contribution in [0.15, 0.2) is 12.2 Å². The molecule has 0 saturated carbocycles. The Balaban J connectivity index is 4.05. The molecule has 27 heavy (non-hydrogen) atoms. The Morgan fingerprint density at radius 3 is 2.30 bits per heavy atom. The summed E-state index contributed by atoms with van der Waals surface area (Å²) in [6, 6.07) is 0. The second-order valence-electron chi connectivity index (χ2n) is 7.73. The number of aliphatic hydroxyl groups is 1. The number of aliphatic hydroxyl groups excluding tert-OH is 1. The molecule has 0 aromatic rings. The van der Waals surface area contributed by atoms with Crippen molar-refractivity contribution in [1.82, 2.24) is 0 Å². The van der Waals surface area contributed by atoms with Gasteiger partial charge in [-0.1, -0.05) is 25.0 Å². The van der Waals surface area contributed by atoms with Crippen LogP contribution in [0, 0.1) is 0 Å². The van der Waals surface area contributed by atoms with Crippen LogP contribution in [0.4, 0.5) is 0 Å². The van der Waals surface area contributed by atoms with Crippen molar-refractivity contribution >= 4 is 17.9 Å². The fraction of sp³-hybridized carbons (Fsp3) is 0.737. The molecule has 0 heterocycles. The van der Waals surface area contributed by atoms with Gasteiger partial charge in [0, 0.05) is 12.4 Å². The molecule has 156 valence electrons. The van der Waals surface area contributed by atoms with Gasteiger partial charge in [-0.05, 0) is 19.3 Å². The third-order valence-corrected chi connectivity index (χ3v) is 3.71. The van der Waals surface area contributed by atoms with E-state index in [0.29, 0.717) is 17.4 Å². The van der Waals surface area contributed by atoms with E-state index >= 15 is 0 Å². The molecule has 8 nitrogen and oxygen atoms in total. The molecule has 0 radical (unpaired) electrons. The van der Waals surface area contributed by atoms with E-state index in [4.69, 9.17) is 9.84 Å². The Kier molecular flexibility index (Phi) is 12.3. The number of rotatable bonds is 15. The van der Waals surface area contributed by atoms with Gasteiger partial charge in [-0.3, -0.25) is 9.59 Å². The minimum atomic E-state index is -1.28. The number of hydrogen-bond acceptors (Lipinski definition) is 6. The molecule has 8 heteroatoms. The highest BCUT2D eigenvalue weighted by atomic mass is 16.5. The number of carbonyl (C=O) groups is 3. The van der Waals surface area contributed by atoms with Crippen molar-refractivity contribution in [3.8, 4) is 0 Å². The molecule has 0 aliphatic heterocycles. The lowest BCUT2D eigenvalue weighted by Crippen LogP contribution is -2.45. The SMILES string of the molecule is C[N+](C)(C)CC(CC(=O)[O-])OC(=O)CC(O)CCCCC/C=C/CC(=O)O. The van der Waals surface area contributed by atoms with E-state index in [9.17, 15) is 24.6 Å². The van der Waals surface area contributed by atoms with E-state index < -0.39 is 30.1 Å². The first-order chi connectivity index (χ1) is 12.5. The molecule has 0 amide bonds. The van der Waals surface area contributed by atoms with Crippen LogP contribution in [0.25, 0.3) is 0 Å². The van der Waals surface area contributed by atoms with Crippen LogP contribution in [-0.4, -0.2) is 72.5 Å². The molecule has 0 aromatic heterocycles. The maximum atomic E-state index is 11.9. The molecule has 2 unspecified atom stereocenters. The van der Waals surface area contributed by atoms with Crippen LogP contribution in [0.2, 0.25) is 0 Å². The number of carboxylic acid groups (broad SMARTS) is 2. The third kappa shape index (κ3) is 17.3. The minimum Gasteiger partial charge on any atom is -0.550 e. The molecule has 0 rings (SSSR count). The van der Waals surface area contributed by atoms with E-state index in [1.54, 1.807) is 6.08 Å². The van der Waals surface area contributed by atoms with Crippen LogP contribution in [0.5, 0.6) is 0 Å².